The molecule has 2 aromatic rings. The second-order valence-electron chi connectivity index (χ2n) is 3.97. The van der Waals surface area contributed by atoms with Crippen LogP contribution in [0.15, 0.2) is 36.7 Å². The molecule has 1 heterocycles. The predicted molar refractivity (Wildman–Crippen MR) is 64.0 cm³/mol. The van der Waals surface area contributed by atoms with Gasteiger partial charge in [0.15, 0.2) is 0 Å². The molecular formula is C13H15N3. The molecule has 3 nitrogen and oxygen atoms in total. The summed E-state index contributed by atoms with van der Waals surface area (Å²) in [5.74, 6) is 0. The van der Waals surface area contributed by atoms with Crippen molar-refractivity contribution in [1.82, 2.24) is 9.97 Å². The molecule has 2 rings (SSSR count). The summed E-state index contributed by atoms with van der Waals surface area (Å²) in [5.41, 5.74) is 10.1. The lowest BCUT2D eigenvalue weighted by atomic mass is 10.0. The van der Waals surface area contributed by atoms with Crippen LogP contribution in [0.5, 0.6) is 0 Å². The third-order valence-electron chi connectivity index (χ3n) is 2.52. The van der Waals surface area contributed by atoms with Gasteiger partial charge in [-0.05, 0) is 19.4 Å². The number of aryl methyl sites for hydroxylation is 2. The SMILES string of the molecule is Cc1cccc(C(N)c2cnc(C)cn2)c1. The summed E-state index contributed by atoms with van der Waals surface area (Å²) in [4.78, 5) is 8.50. The van der Waals surface area contributed by atoms with E-state index >= 15 is 0 Å². The zero-order chi connectivity index (χ0) is 11.5. The minimum atomic E-state index is -0.201. The summed E-state index contributed by atoms with van der Waals surface area (Å²) in [6.07, 6.45) is 3.48. The van der Waals surface area contributed by atoms with Crippen molar-refractivity contribution < 1.29 is 0 Å². The minimum Gasteiger partial charge on any atom is -0.319 e. The van der Waals surface area contributed by atoms with Crippen LogP contribution < -0.4 is 5.73 Å². The Morgan fingerprint density at radius 3 is 2.56 bits per heavy atom. The fourth-order valence-electron chi connectivity index (χ4n) is 1.60. The molecule has 0 radical (unpaired) electrons. The van der Waals surface area contributed by atoms with Gasteiger partial charge < -0.3 is 5.73 Å². The Kier molecular flexibility index (Phi) is 2.97. The van der Waals surface area contributed by atoms with Crippen LogP contribution in [0.3, 0.4) is 0 Å². The first-order valence-corrected chi connectivity index (χ1v) is 5.27. The molecular weight excluding hydrogens is 198 g/mol. The quantitative estimate of drug-likeness (QED) is 0.831. The third kappa shape index (κ3) is 2.25. The molecule has 0 aliphatic heterocycles. The summed E-state index contributed by atoms with van der Waals surface area (Å²) in [7, 11) is 0. The Balaban J connectivity index is 2.31. The van der Waals surface area contributed by atoms with E-state index in [2.05, 4.69) is 29.0 Å². The molecule has 1 aromatic heterocycles. The molecule has 0 aliphatic rings. The molecule has 0 spiro atoms. The van der Waals surface area contributed by atoms with Crippen molar-refractivity contribution in [3.63, 3.8) is 0 Å². The lowest BCUT2D eigenvalue weighted by Crippen LogP contribution is -2.14. The van der Waals surface area contributed by atoms with Crippen LogP contribution in [-0.2, 0) is 0 Å². The molecule has 0 bridgehead atoms. The molecule has 0 saturated carbocycles. The van der Waals surface area contributed by atoms with Crippen LogP contribution in [0.2, 0.25) is 0 Å². The van der Waals surface area contributed by atoms with Gasteiger partial charge in [0.1, 0.15) is 0 Å². The highest BCUT2D eigenvalue weighted by Crippen LogP contribution is 2.17. The van der Waals surface area contributed by atoms with Crippen molar-refractivity contribution in [3.05, 3.63) is 59.2 Å². The van der Waals surface area contributed by atoms with Crippen molar-refractivity contribution >= 4 is 0 Å². The molecule has 1 atom stereocenters. The van der Waals surface area contributed by atoms with Crippen LogP contribution in [0.4, 0.5) is 0 Å². The molecule has 1 unspecified atom stereocenters. The summed E-state index contributed by atoms with van der Waals surface area (Å²) in [6, 6.07) is 7.95. The summed E-state index contributed by atoms with van der Waals surface area (Å²) < 4.78 is 0. The lowest BCUT2D eigenvalue weighted by molar-refractivity contribution is 0.812. The van der Waals surface area contributed by atoms with Gasteiger partial charge in [0.05, 0.1) is 23.6 Å². The van der Waals surface area contributed by atoms with E-state index in [4.69, 9.17) is 5.73 Å². The van der Waals surface area contributed by atoms with Gasteiger partial charge in [-0.3, -0.25) is 9.97 Å². The number of hydrogen-bond donors (Lipinski definition) is 1. The molecule has 0 amide bonds. The van der Waals surface area contributed by atoms with E-state index in [0.29, 0.717) is 0 Å². The fraction of sp³-hybridized carbons (Fsp3) is 0.231. The Bertz CT molecular complexity index is 477. The fourth-order valence-corrected chi connectivity index (χ4v) is 1.60. The second-order valence-corrected chi connectivity index (χ2v) is 3.97. The van der Waals surface area contributed by atoms with Crippen LogP contribution in [0.1, 0.15) is 28.6 Å². The van der Waals surface area contributed by atoms with Crippen molar-refractivity contribution in [2.45, 2.75) is 19.9 Å². The molecule has 1 aromatic carbocycles. The molecule has 0 saturated heterocycles. The van der Waals surface area contributed by atoms with E-state index in [1.165, 1.54) is 5.56 Å². The maximum atomic E-state index is 6.13. The van der Waals surface area contributed by atoms with E-state index in [1.807, 2.05) is 19.1 Å². The lowest BCUT2D eigenvalue weighted by Gasteiger charge is -2.11. The van der Waals surface area contributed by atoms with Crippen LogP contribution in [-0.4, -0.2) is 9.97 Å². The van der Waals surface area contributed by atoms with Crippen LogP contribution in [0, 0.1) is 13.8 Å². The number of rotatable bonds is 2. The minimum absolute atomic E-state index is 0.201. The zero-order valence-electron chi connectivity index (χ0n) is 9.51. The van der Waals surface area contributed by atoms with Gasteiger partial charge in [0.2, 0.25) is 0 Å². The number of aromatic nitrogens is 2. The van der Waals surface area contributed by atoms with Gasteiger partial charge in [-0.2, -0.15) is 0 Å². The first-order valence-electron chi connectivity index (χ1n) is 5.27. The van der Waals surface area contributed by atoms with Gasteiger partial charge in [0, 0.05) is 6.20 Å². The Morgan fingerprint density at radius 2 is 1.94 bits per heavy atom. The van der Waals surface area contributed by atoms with Gasteiger partial charge in [-0.25, -0.2) is 0 Å². The Hall–Kier alpha value is -1.74. The Labute approximate surface area is 95.4 Å². The number of nitrogens with two attached hydrogens (primary N) is 1. The maximum absolute atomic E-state index is 6.13. The van der Waals surface area contributed by atoms with E-state index < -0.39 is 0 Å². The first kappa shape index (κ1) is 10.8. The second kappa shape index (κ2) is 4.41. The third-order valence-corrected chi connectivity index (χ3v) is 2.52. The normalized spacial score (nSPS) is 12.4. The number of benzene rings is 1. The standard InChI is InChI=1S/C13H15N3/c1-9-4-3-5-11(6-9)13(14)12-8-15-10(2)7-16-12/h3-8,13H,14H2,1-2H3. The van der Waals surface area contributed by atoms with Crippen molar-refractivity contribution in [2.24, 2.45) is 5.73 Å². The largest absolute Gasteiger partial charge is 0.319 e. The highest BCUT2D eigenvalue weighted by Gasteiger charge is 2.10. The van der Waals surface area contributed by atoms with Crippen molar-refractivity contribution in [3.8, 4) is 0 Å². The smallest absolute Gasteiger partial charge is 0.0799 e. The average Bonchev–Trinajstić information content (AvgIpc) is 2.29. The monoisotopic (exact) mass is 213 g/mol. The van der Waals surface area contributed by atoms with Crippen LogP contribution in [0.25, 0.3) is 0 Å². The van der Waals surface area contributed by atoms with Gasteiger partial charge in [0.25, 0.3) is 0 Å². The summed E-state index contributed by atoms with van der Waals surface area (Å²) in [6.45, 7) is 3.96. The number of hydrogen-bond acceptors (Lipinski definition) is 3. The van der Waals surface area contributed by atoms with Gasteiger partial charge >= 0.3 is 0 Å². The van der Waals surface area contributed by atoms with E-state index in [9.17, 15) is 0 Å². The van der Waals surface area contributed by atoms with Gasteiger partial charge in [-0.1, -0.05) is 29.8 Å². The van der Waals surface area contributed by atoms with E-state index in [-0.39, 0.29) is 6.04 Å². The molecule has 0 aliphatic carbocycles. The maximum Gasteiger partial charge on any atom is 0.0799 e. The van der Waals surface area contributed by atoms with E-state index in [1.54, 1.807) is 12.4 Å². The van der Waals surface area contributed by atoms with Crippen LogP contribution >= 0.6 is 0 Å². The van der Waals surface area contributed by atoms with Crippen molar-refractivity contribution in [2.75, 3.05) is 0 Å². The molecule has 2 N–H and O–H groups in total. The Morgan fingerprint density at radius 1 is 1.12 bits per heavy atom. The number of nitrogens with zero attached hydrogens (tertiary/aromatic N) is 2. The summed E-state index contributed by atoms with van der Waals surface area (Å²) in [5, 5.41) is 0. The molecule has 16 heavy (non-hydrogen) atoms. The summed E-state index contributed by atoms with van der Waals surface area (Å²) >= 11 is 0. The van der Waals surface area contributed by atoms with Crippen molar-refractivity contribution in [1.29, 1.82) is 0 Å². The molecule has 0 fully saturated rings. The zero-order valence-corrected chi connectivity index (χ0v) is 9.51. The molecule has 82 valence electrons. The predicted octanol–water partition coefficient (Wildman–Crippen LogP) is 2.14. The van der Waals surface area contributed by atoms with E-state index in [0.717, 1.165) is 17.0 Å². The average molecular weight is 213 g/mol. The van der Waals surface area contributed by atoms with Gasteiger partial charge in [-0.15, -0.1) is 0 Å². The highest BCUT2D eigenvalue weighted by molar-refractivity contribution is 5.29. The highest BCUT2D eigenvalue weighted by atomic mass is 14.8. The first-order chi connectivity index (χ1) is 7.66. The molecule has 3 heteroatoms. The topological polar surface area (TPSA) is 51.8 Å².